The molecule has 62 valence electrons. The van der Waals surface area contributed by atoms with Crippen LogP contribution < -0.4 is 4.78 Å². The lowest BCUT2D eigenvalue weighted by Gasteiger charge is -1.85. The van der Waals surface area contributed by atoms with Crippen molar-refractivity contribution in [1.29, 1.82) is 0 Å². The van der Waals surface area contributed by atoms with Crippen molar-refractivity contribution in [3.8, 4) is 0 Å². The SMILES string of the molecule is Bc1sc(C2CC2)nc1C(=O)O. The maximum absolute atomic E-state index is 10.6. The summed E-state index contributed by atoms with van der Waals surface area (Å²) in [6, 6.07) is 0. The van der Waals surface area contributed by atoms with E-state index >= 15 is 0 Å². The van der Waals surface area contributed by atoms with Crippen LogP contribution in [-0.4, -0.2) is 23.9 Å². The van der Waals surface area contributed by atoms with Gasteiger partial charge in [-0.15, -0.1) is 11.3 Å². The second-order valence-corrected chi connectivity index (χ2v) is 4.27. The van der Waals surface area contributed by atoms with E-state index in [4.69, 9.17) is 5.11 Å². The van der Waals surface area contributed by atoms with Crippen molar-refractivity contribution >= 4 is 29.9 Å². The molecule has 3 nitrogen and oxygen atoms in total. The highest BCUT2D eigenvalue weighted by atomic mass is 32.1. The molecule has 1 aliphatic rings. The second kappa shape index (κ2) is 2.59. The molecule has 12 heavy (non-hydrogen) atoms. The number of aromatic carboxylic acids is 1. The van der Waals surface area contributed by atoms with E-state index in [-0.39, 0.29) is 5.69 Å². The van der Waals surface area contributed by atoms with Crippen LogP contribution in [0.2, 0.25) is 0 Å². The number of nitrogens with zero attached hydrogens (tertiary/aromatic N) is 1. The monoisotopic (exact) mass is 181 g/mol. The van der Waals surface area contributed by atoms with E-state index in [9.17, 15) is 4.79 Å². The summed E-state index contributed by atoms with van der Waals surface area (Å²) in [4.78, 5) is 14.7. The Kier molecular flexibility index (Phi) is 1.68. The van der Waals surface area contributed by atoms with Crippen LogP contribution in [0.15, 0.2) is 0 Å². The average molecular weight is 181 g/mol. The molecule has 0 aromatic carbocycles. The Bertz CT molecular complexity index is 332. The minimum absolute atomic E-state index is 0.238. The van der Waals surface area contributed by atoms with E-state index in [1.807, 2.05) is 7.85 Å². The second-order valence-electron chi connectivity index (χ2n) is 3.04. The van der Waals surface area contributed by atoms with Crippen LogP contribution in [0.5, 0.6) is 0 Å². The lowest BCUT2D eigenvalue weighted by molar-refractivity contribution is 0.0692. The lowest BCUT2D eigenvalue weighted by atomic mass is 10.1. The molecule has 1 aromatic rings. The molecule has 0 saturated heterocycles. The van der Waals surface area contributed by atoms with Crippen molar-refractivity contribution in [3.63, 3.8) is 0 Å². The van der Waals surface area contributed by atoms with Gasteiger partial charge >= 0.3 is 5.97 Å². The predicted molar refractivity (Wildman–Crippen MR) is 49.2 cm³/mol. The van der Waals surface area contributed by atoms with Gasteiger partial charge in [-0.1, -0.05) is 0 Å². The van der Waals surface area contributed by atoms with Gasteiger partial charge in [-0.3, -0.25) is 0 Å². The van der Waals surface area contributed by atoms with Gasteiger partial charge in [0.05, 0.1) is 5.01 Å². The van der Waals surface area contributed by atoms with Crippen LogP contribution in [-0.2, 0) is 0 Å². The smallest absolute Gasteiger partial charge is 0.354 e. The average Bonchev–Trinajstić information content (AvgIpc) is 2.75. The van der Waals surface area contributed by atoms with E-state index in [0.29, 0.717) is 5.92 Å². The molecule has 0 bridgehead atoms. The lowest BCUT2D eigenvalue weighted by Crippen LogP contribution is -2.10. The third kappa shape index (κ3) is 1.24. The van der Waals surface area contributed by atoms with Crippen LogP contribution in [0.1, 0.15) is 34.3 Å². The highest BCUT2D eigenvalue weighted by Crippen LogP contribution is 2.40. The fourth-order valence-corrected chi connectivity index (χ4v) is 2.20. The zero-order valence-electron chi connectivity index (χ0n) is 6.70. The number of rotatable bonds is 2. The van der Waals surface area contributed by atoms with Crippen LogP contribution in [0.3, 0.4) is 0 Å². The summed E-state index contributed by atoms with van der Waals surface area (Å²) in [5.41, 5.74) is 0.238. The first-order chi connectivity index (χ1) is 5.68. The summed E-state index contributed by atoms with van der Waals surface area (Å²) in [7, 11) is 1.81. The van der Waals surface area contributed by atoms with E-state index in [1.165, 1.54) is 24.2 Å². The third-order valence-electron chi connectivity index (χ3n) is 1.94. The molecule has 0 unspecified atom stereocenters. The summed E-state index contributed by atoms with van der Waals surface area (Å²) >= 11 is 1.52. The Hall–Kier alpha value is -0.835. The minimum Gasteiger partial charge on any atom is -0.477 e. The van der Waals surface area contributed by atoms with Crippen LogP contribution in [0.25, 0.3) is 0 Å². The summed E-state index contributed by atoms with van der Waals surface area (Å²) < 4.78 is 0.824. The van der Waals surface area contributed by atoms with Gasteiger partial charge in [-0.25, -0.2) is 9.78 Å². The third-order valence-corrected chi connectivity index (χ3v) is 3.08. The molecule has 5 heteroatoms. The molecular formula is C7H8BNO2S. The summed E-state index contributed by atoms with van der Waals surface area (Å²) in [6.45, 7) is 0. The standard InChI is InChI=1S/C7H8BNO2S/c8-5-4(7(10)11)9-6(12-5)3-1-2-3/h3H,1-2,8H2,(H,10,11). The molecule has 0 radical (unpaired) electrons. The first-order valence-corrected chi connectivity index (χ1v) is 4.70. The van der Waals surface area contributed by atoms with Crippen molar-refractivity contribution in [3.05, 3.63) is 10.7 Å². The van der Waals surface area contributed by atoms with Gasteiger partial charge in [0, 0.05) is 5.92 Å². The van der Waals surface area contributed by atoms with Gasteiger partial charge in [0.15, 0.2) is 13.5 Å². The topological polar surface area (TPSA) is 50.2 Å². The van der Waals surface area contributed by atoms with Crippen LogP contribution in [0.4, 0.5) is 0 Å². The molecule has 1 saturated carbocycles. The number of hydrogen-bond donors (Lipinski definition) is 1. The number of aromatic nitrogens is 1. The number of hydrogen-bond acceptors (Lipinski definition) is 3. The van der Waals surface area contributed by atoms with Gasteiger partial charge in [0.1, 0.15) is 0 Å². The van der Waals surface area contributed by atoms with Gasteiger partial charge in [-0.05, 0) is 17.6 Å². The fourth-order valence-electron chi connectivity index (χ4n) is 1.12. The zero-order chi connectivity index (χ0) is 8.72. The molecule has 0 amide bonds. The summed E-state index contributed by atoms with van der Waals surface area (Å²) in [5.74, 6) is -0.350. The van der Waals surface area contributed by atoms with E-state index in [0.717, 1.165) is 9.78 Å². The van der Waals surface area contributed by atoms with Crippen molar-refractivity contribution in [2.75, 3.05) is 0 Å². The van der Waals surface area contributed by atoms with E-state index in [1.54, 1.807) is 0 Å². The quantitative estimate of drug-likeness (QED) is 0.652. The number of carboxylic acids is 1. The molecule has 2 rings (SSSR count). The highest BCUT2D eigenvalue weighted by Gasteiger charge is 2.28. The molecule has 0 atom stereocenters. The molecule has 1 heterocycles. The van der Waals surface area contributed by atoms with Crippen molar-refractivity contribution in [2.45, 2.75) is 18.8 Å². The van der Waals surface area contributed by atoms with Crippen LogP contribution >= 0.6 is 11.3 Å². The van der Waals surface area contributed by atoms with Crippen molar-refractivity contribution in [1.82, 2.24) is 4.98 Å². The molecule has 0 aliphatic heterocycles. The Labute approximate surface area is 74.9 Å². The Balaban J connectivity index is 2.36. The maximum Gasteiger partial charge on any atom is 0.354 e. The number of carboxylic acid groups (broad SMARTS) is 1. The predicted octanol–water partition coefficient (Wildman–Crippen LogP) is -0.0229. The highest BCUT2D eigenvalue weighted by molar-refractivity contribution is 7.20. The summed E-state index contributed by atoms with van der Waals surface area (Å²) in [5, 5.41) is 9.73. The Morgan fingerprint density at radius 3 is 2.75 bits per heavy atom. The normalized spacial score (nSPS) is 16.3. The zero-order valence-corrected chi connectivity index (χ0v) is 7.52. The largest absolute Gasteiger partial charge is 0.477 e. The van der Waals surface area contributed by atoms with Gasteiger partial charge in [0.2, 0.25) is 0 Å². The minimum atomic E-state index is -0.907. The maximum atomic E-state index is 10.6. The van der Waals surface area contributed by atoms with Crippen LogP contribution in [0, 0.1) is 0 Å². The molecule has 1 fully saturated rings. The number of thiazole rings is 1. The molecule has 0 spiro atoms. The molecule has 1 aromatic heterocycles. The molecular weight excluding hydrogens is 173 g/mol. The Morgan fingerprint density at radius 2 is 2.33 bits per heavy atom. The fraction of sp³-hybridized carbons (Fsp3) is 0.429. The van der Waals surface area contributed by atoms with Crippen molar-refractivity contribution in [2.24, 2.45) is 0 Å². The van der Waals surface area contributed by atoms with Gasteiger partial charge in [-0.2, -0.15) is 0 Å². The first kappa shape index (κ1) is 7.80. The van der Waals surface area contributed by atoms with Gasteiger partial charge in [0.25, 0.3) is 0 Å². The van der Waals surface area contributed by atoms with Crippen molar-refractivity contribution < 1.29 is 9.90 Å². The summed E-state index contributed by atoms with van der Waals surface area (Å²) in [6.07, 6.45) is 2.35. The first-order valence-electron chi connectivity index (χ1n) is 3.89. The van der Waals surface area contributed by atoms with E-state index < -0.39 is 5.97 Å². The van der Waals surface area contributed by atoms with E-state index in [2.05, 4.69) is 4.98 Å². The number of carbonyl (C=O) groups is 1. The molecule has 1 aliphatic carbocycles. The Morgan fingerprint density at radius 1 is 1.67 bits per heavy atom. The van der Waals surface area contributed by atoms with Gasteiger partial charge < -0.3 is 5.11 Å². The molecule has 1 N–H and O–H groups in total.